The SMILES string of the molecule is N#Cc1cc(C(F)F)c(S(N)(=O)=O)c(F)n1. The second kappa shape index (κ2) is 4.07. The van der Waals surface area contributed by atoms with Crippen LogP contribution in [0.25, 0.3) is 0 Å². The highest BCUT2D eigenvalue weighted by atomic mass is 32.2. The van der Waals surface area contributed by atoms with E-state index in [-0.39, 0.29) is 0 Å². The molecule has 86 valence electrons. The number of hydrogen-bond acceptors (Lipinski definition) is 4. The van der Waals surface area contributed by atoms with Gasteiger partial charge in [0.1, 0.15) is 16.7 Å². The molecule has 9 heteroatoms. The Morgan fingerprint density at radius 3 is 2.44 bits per heavy atom. The lowest BCUT2D eigenvalue weighted by Gasteiger charge is -2.07. The molecule has 2 N–H and O–H groups in total. The molecule has 1 rings (SSSR count). The number of rotatable bonds is 2. The average molecular weight is 251 g/mol. The van der Waals surface area contributed by atoms with Gasteiger partial charge in [-0.25, -0.2) is 27.3 Å². The minimum atomic E-state index is -4.66. The first-order valence-corrected chi connectivity index (χ1v) is 5.23. The first-order valence-electron chi connectivity index (χ1n) is 3.69. The van der Waals surface area contributed by atoms with Crippen molar-refractivity contribution in [3.8, 4) is 6.07 Å². The Balaban J connectivity index is 3.68. The van der Waals surface area contributed by atoms with E-state index in [0.29, 0.717) is 6.07 Å². The van der Waals surface area contributed by atoms with Crippen molar-refractivity contribution in [3.63, 3.8) is 0 Å². The second-order valence-electron chi connectivity index (χ2n) is 2.67. The molecule has 0 aromatic carbocycles. The van der Waals surface area contributed by atoms with Gasteiger partial charge in [0.25, 0.3) is 6.43 Å². The van der Waals surface area contributed by atoms with E-state index >= 15 is 0 Å². The number of primary sulfonamides is 1. The molecule has 0 amide bonds. The summed E-state index contributed by atoms with van der Waals surface area (Å²) in [4.78, 5) is 1.49. The lowest BCUT2D eigenvalue weighted by atomic mass is 10.2. The Morgan fingerprint density at radius 1 is 1.50 bits per heavy atom. The zero-order valence-corrected chi connectivity index (χ0v) is 8.30. The molecular weight excluding hydrogens is 247 g/mol. The van der Waals surface area contributed by atoms with Gasteiger partial charge in [-0.1, -0.05) is 0 Å². The number of alkyl halides is 2. The third kappa shape index (κ3) is 2.29. The van der Waals surface area contributed by atoms with Crippen LogP contribution >= 0.6 is 0 Å². The third-order valence-corrected chi connectivity index (χ3v) is 2.57. The van der Waals surface area contributed by atoms with E-state index in [1.54, 1.807) is 0 Å². The molecule has 0 saturated heterocycles. The summed E-state index contributed by atoms with van der Waals surface area (Å²) >= 11 is 0. The van der Waals surface area contributed by atoms with Crippen LogP contribution in [0.15, 0.2) is 11.0 Å². The summed E-state index contributed by atoms with van der Waals surface area (Å²) in [7, 11) is -4.66. The molecule has 1 heterocycles. The normalized spacial score (nSPS) is 11.5. The highest BCUT2D eigenvalue weighted by Crippen LogP contribution is 2.27. The molecule has 1 aromatic rings. The predicted molar refractivity (Wildman–Crippen MR) is 45.2 cm³/mol. The van der Waals surface area contributed by atoms with E-state index in [9.17, 15) is 21.6 Å². The topological polar surface area (TPSA) is 96.8 Å². The van der Waals surface area contributed by atoms with Gasteiger partial charge in [-0.2, -0.15) is 9.65 Å². The zero-order chi connectivity index (χ0) is 12.5. The van der Waals surface area contributed by atoms with Crippen molar-refractivity contribution in [1.29, 1.82) is 5.26 Å². The molecule has 0 bridgehead atoms. The van der Waals surface area contributed by atoms with Crippen LogP contribution in [0.2, 0.25) is 0 Å². The molecule has 1 aromatic heterocycles. The standard InChI is InChI=1S/C7H4F3N3O2S/c8-6(9)4-1-3(2-11)13-7(10)5(4)16(12,14)15/h1,6H,(H2,12,14,15). The van der Waals surface area contributed by atoms with Crippen molar-refractivity contribution in [2.24, 2.45) is 5.14 Å². The van der Waals surface area contributed by atoms with Gasteiger partial charge in [-0.15, -0.1) is 0 Å². The number of nitrogens with two attached hydrogens (primary N) is 1. The summed E-state index contributed by atoms with van der Waals surface area (Å²) < 4.78 is 59.7. The summed E-state index contributed by atoms with van der Waals surface area (Å²) in [6, 6.07) is 1.80. The molecule has 5 nitrogen and oxygen atoms in total. The van der Waals surface area contributed by atoms with Gasteiger partial charge in [0.05, 0.1) is 0 Å². The first kappa shape index (κ1) is 12.4. The van der Waals surface area contributed by atoms with Gasteiger partial charge in [0, 0.05) is 5.56 Å². The van der Waals surface area contributed by atoms with Crippen LogP contribution in [0, 0.1) is 17.3 Å². The van der Waals surface area contributed by atoms with Crippen LogP contribution in [0.5, 0.6) is 0 Å². The summed E-state index contributed by atoms with van der Waals surface area (Å²) in [6.45, 7) is 0. The number of sulfonamides is 1. The smallest absolute Gasteiger partial charge is 0.224 e. The van der Waals surface area contributed by atoms with Gasteiger partial charge in [-0.3, -0.25) is 0 Å². The molecule has 16 heavy (non-hydrogen) atoms. The van der Waals surface area contributed by atoms with Gasteiger partial charge >= 0.3 is 0 Å². The van der Waals surface area contributed by atoms with E-state index in [0.717, 1.165) is 0 Å². The van der Waals surface area contributed by atoms with Crippen LogP contribution in [0.1, 0.15) is 17.7 Å². The second-order valence-corrected chi connectivity index (χ2v) is 4.17. The highest BCUT2D eigenvalue weighted by molar-refractivity contribution is 7.89. The number of hydrogen-bond donors (Lipinski definition) is 1. The fourth-order valence-electron chi connectivity index (χ4n) is 1.02. The number of halogens is 3. The van der Waals surface area contributed by atoms with E-state index in [1.165, 1.54) is 6.07 Å². The van der Waals surface area contributed by atoms with E-state index in [1.807, 2.05) is 0 Å². The number of pyridine rings is 1. The van der Waals surface area contributed by atoms with Crippen LogP contribution < -0.4 is 5.14 Å². The van der Waals surface area contributed by atoms with Crippen LogP contribution in [-0.4, -0.2) is 13.4 Å². The Kier molecular flexibility index (Phi) is 3.16. The number of nitriles is 1. The van der Waals surface area contributed by atoms with E-state index in [2.05, 4.69) is 10.1 Å². The Hall–Kier alpha value is -1.66. The lowest BCUT2D eigenvalue weighted by Crippen LogP contribution is -2.18. The van der Waals surface area contributed by atoms with Crippen molar-refractivity contribution in [1.82, 2.24) is 4.98 Å². The highest BCUT2D eigenvalue weighted by Gasteiger charge is 2.27. The van der Waals surface area contributed by atoms with E-state index in [4.69, 9.17) is 5.26 Å². The number of aromatic nitrogens is 1. The zero-order valence-electron chi connectivity index (χ0n) is 7.49. The van der Waals surface area contributed by atoms with Crippen LogP contribution in [0.3, 0.4) is 0 Å². The monoisotopic (exact) mass is 251 g/mol. The van der Waals surface area contributed by atoms with E-state index < -0.39 is 38.5 Å². The molecule has 0 atom stereocenters. The molecular formula is C7H4F3N3O2S. The fraction of sp³-hybridized carbons (Fsp3) is 0.143. The summed E-state index contributed by atoms with van der Waals surface area (Å²) in [5.74, 6) is -1.71. The summed E-state index contributed by atoms with van der Waals surface area (Å²) in [5, 5.41) is 12.9. The molecule has 0 spiro atoms. The van der Waals surface area contributed by atoms with Crippen molar-refractivity contribution in [2.45, 2.75) is 11.3 Å². The predicted octanol–water partition coefficient (Wildman–Crippen LogP) is 0.677. The van der Waals surface area contributed by atoms with Gasteiger partial charge in [-0.05, 0) is 6.07 Å². The molecule has 0 aliphatic heterocycles. The van der Waals surface area contributed by atoms with Gasteiger partial charge < -0.3 is 0 Å². The van der Waals surface area contributed by atoms with Crippen molar-refractivity contribution in [2.75, 3.05) is 0 Å². The minimum absolute atomic E-state index is 0.480. The fourth-order valence-corrected chi connectivity index (χ4v) is 1.78. The van der Waals surface area contributed by atoms with Crippen molar-refractivity contribution >= 4 is 10.0 Å². The molecule has 0 aliphatic carbocycles. The number of nitrogens with zero attached hydrogens (tertiary/aromatic N) is 2. The first-order chi connectivity index (χ1) is 7.27. The van der Waals surface area contributed by atoms with Crippen LogP contribution in [0.4, 0.5) is 13.2 Å². The van der Waals surface area contributed by atoms with Gasteiger partial charge in [0.15, 0.2) is 0 Å². The third-order valence-electron chi connectivity index (χ3n) is 1.59. The summed E-state index contributed by atoms with van der Waals surface area (Å²) in [6.07, 6.45) is -3.28. The lowest BCUT2D eigenvalue weighted by molar-refractivity contribution is 0.146. The Labute approximate surface area is 88.4 Å². The van der Waals surface area contributed by atoms with Crippen LogP contribution in [-0.2, 0) is 10.0 Å². The maximum Gasteiger partial charge on any atom is 0.265 e. The Bertz CT molecular complexity index is 565. The molecule has 0 saturated carbocycles. The quantitative estimate of drug-likeness (QED) is 0.781. The average Bonchev–Trinajstić information content (AvgIpc) is 2.14. The summed E-state index contributed by atoms with van der Waals surface area (Å²) in [5.41, 5.74) is -1.83. The van der Waals surface area contributed by atoms with Crippen molar-refractivity contribution < 1.29 is 21.6 Å². The molecule has 0 fully saturated rings. The largest absolute Gasteiger partial charge is 0.265 e. The molecule has 0 aliphatic rings. The molecule has 0 unspecified atom stereocenters. The maximum absolute atomic E-state index is 13.1. The maximum atomic E-state index is 13.1. The minimum Gasteiger partial charge on any atom is -0.224 e. The van der Waals surface area contributed by atoms with Crippen molar-refractivity contribution in [3.05, 3.63) is 23.3 Å². The molecule has 0 radical (unpaired) electrons. The Morgan fingerprint density at radius 2 is 2.06 bits per heavy atom. The van der Waals surface area contributed by atoms with Gasteiger partial charge in [0.2, 0.25) is 16.0 Å².